The van der Waals surface area contributed by atoms with Crippen LogP contribution in [0.1, 0.15) is 25.0 Å². The Kier molecular flexibility index (Phi) is 6.81. The molecule has 0 saturated carbocycles. The molecule has 1 saturated heterocycles. The summed E-state index contributed by atoms with van der Waals surface area (Å²) in [5.41, 5.74) is 2.12. The Balaban J connectivity index is 1.77. The van der Waals surface area contributed by atoms with E-state index in [0.29, 0.717) is 17.0 Å². The fourth-order valence-corrected chi connectivity index (χ4v) is 3.21. The van der Waals surface area contributed by atoms with Gasteiger partial charge in [0.05, 0.1) is 11.8 Å². The summed E-state index contributed by atoms with van der Waals surface area (Å²) in [7, 11) is 0. The number of amides is 2. The van der Waals surface area contributed by atoms with Crippen LogP contribution in [0.3, 0.4) is 0 Å². The first-order valence-corrected chi connectivity index (χ1v) is 10.1. The first-order chi connectivity index (χ1) is 14.7. The molecule has 1 N–H and O–H groups in total. The molecular weight excluding hydrogens is 416 g/mol. The number of rotatable bonds is 6. The summed E-state index contributed by atoms with van der Waals surface area (Å²) in [5, 5.41) is 2.60. The number of esters is 1. The van der Waals surface area contributed by atoms with Crippen molar-refractivity contribution in [3.63, 3.8) is 0 Å². The zero-order chi connectivity index (χ0) is 22.5. The van der Waals surface area contributed by atoms with Crippen LogP contribution in [0, 0.1) is 6.92 Å². The summed E-state index contributed by atoms with van der Waals surface area (Å²) in [6, 6.07) is 13.9. The number of carbonyl (C=O) groups excluding carboxylic acids is 3. The summed E-state index contributed by atoms with van der Waals surface area (Å²) in [6.45, 7) is 5.22. The monoisotopic (exact) mass is 438 g/mol. The smallest absolute Gasteiger partial charge is 0.344 e. The second-order valence-electron chi connectivity index (χ2n) is 7.19. The maximum Gasteiger partial charge on any atom is 0.344 e. The van der Waals surface area contributed by atoms with E-state index < -0.39 is 17.8 Å². The highest BCUT2D eigenvalue weighted by molar-refractivity contribution is 7.80. The lowest BCUT2D eigenvalue weighted by Gasteiger charge is -2.29. The molecule has 0 spiro atoms. The third kappa shape index (κ3) is 5.55. The molecule has 0 bridgehead atoms. The maximum atomic E-state index is 13.0. The summed E-state index contributed by atoms with van der Waals surface area (Å²) in [4.78, 5) is 38.3. The minimum absolute atomic E-state index is 0.0368. The molecule has 160 valence electrons. The van der Waals surface area contributed by atoms with Crippen molar-refractivity contribution in [2.75, 3.05) is 11.5 Å². The number of hydrogen-bond donors (Lipinski definition) is 1. The molecule has 2 aromatic rings. The third-order valence-corrected chi connectivity index (χ3v) is 4.56. The molecule has 1 aliphatic heterocycles. The Hall–Kier alpha value is -3.52. The van der Waals surface area contributed by atoms with Crippen molar-refractivity contribution in [2.24, 2.45) is 0 Å². The van der Waals surface area contributed by atoms with Crippen LogP contribution in [0.15, 0.2) is 54.1 Å². The van der Waals surface area contributed by atoms with E-state index in [-0.39, 0.29) is 23.4 Å². The van der Waals surface area contributed by atoms with Crippen molar-refractivity contribution >= 4 is 46.9 Å². The Labute approximate surface area is 185 Å². The van der Waals surface area contributed by atoms with Gasteiger partial charge in [-0.05, 0) is 74.5 Å². The maximum absolute atomic E-state index is 13.0. The number of nitrogens with one attached hydrogen (secondary N) is 1. The highest BCUT2D eigenvalue weighted by atomic mass is 32.1. The van der Waals surface area contributed by atoms with Gasteiger partial charge in [0.2, 0.25) is 0 Å². The van der Waals surface area contributed by atoms with Gasteiger partial charge in [-0.3, -0.25) is 19.8 Å². The first-order valence-electron chi connectivity index (χ1n) is 9.65. The molecule has 31 heavy (non-hydrogen) atoms. The molecule has 8 heteroatoms. The molecule has 3 rings (SSSR count). The van der Waals surface area contributed by atoms with Crippen molar-refractivity contribution in [3.8, 4) is 5.75 Å². The van der Waals surface area contributed by atoms with Crippen LogP contribution in [0.5, 0.6) is 5.75 Å². The van der Waals surface area contributed by atoms with E-state index in [9.17, 15) is 14.4 Å². The van der Waals surface area contributed by atoms with Gasteiger partial charge in [0.1, 0.15) is 11.3 Å². The molecular formula is C23H22N2O5S. The predicted molar refractivity (Wildman–Crippen MR) is 121 cm³/mol. The van der Waals surface area contributed by atoms with E-state index in [0.717, 1.165) is 5.56 Å². The topological polar surface area (TPSA) is 84.9 Å². The molecule has 1 fully saturated rings. The lowest BCUT2D eigenvalue weighted by molar-refractivity contribution is -0.149. The highest BCUT2D eigenvalue weighted by Gasteiger charge is 2.34. The van der Waals surface area contributed by atoms with Crippen molar-refractivity contribution in [1.82, 2.24) is 5.32 Å². The van der Waals surface area contributed by atoms with Gasteiger partial charge >= 0.3 is 5.97 Å². The van der Waals surface area contributed by atoms with Crippen LogP contribution in [0.4, 0.5) is 5.69 Å². The second kappa shape index (κ2) is 9.53. The van der Waals surface area contributed by atoms with Crippen LogP contribution in [-0.4, -0.2) is 35.6 Å². The summed E-state index contributed by atoms with van der Waals surface area (Å²) < 4.78 is 10.4. The third-order valence-electron chi connectivity index (χ3n) is 4.28. The van der Waals surface area contributed by atoms with E-state index in [2.05, 4.69) is 5.32 Å². The number of carbonyl (C=O) groups is 3. The van der Waals surface area contributed by atoms with Crippen LogP contribution < -0.4 is 15.0 Å². The average molecular weight is 439 g/mol. The summed E-state index contributed by atoms with van der Waals surface area (Å²) in [6.07, 6.45) is 1.27. The molecule has 7 nitrogen and oxygen atoms in total. The number of hydrogen-bond acceptors (Lipinski definition) is 6. The summed E-state index contributed by atoms with van der Waals surface area (Å²) >= 11 is 5.21. The Morgan fingerprint density at radius 2 is 1.87 bits per heavy atom. The zero-order valence-electron chi connectivity index (χ0n) is 17.4. The second-order valence-corrected chi connectivity index (χ2v) is 7.58. The molecule has 0 aromatic heterocycles. The SMILES string of the molecule is Cc1cccc(N2C(=O)/C(=C/c3ccc(OCC(=O)OC(C)C)cc3)C(=O)NC2=S)c1. The zero-order valence-corrected chi connectivity index (χ0v) is 18.2. The number of nitrogens with zero attached hydrogens (tertiary/aromatic N) is 1. The largest absolute Gasteiger partial charge is 0.482 e. The molecule has 0 unspecified atom stereocenters. The van der Waals surface area contributed by atoms with Gasteiger partial charge in [-0.15, -0.1) is 0 Å². The van der Waals surface area contributed by atoms with Gasteiger partial charge < -0.3 is 9.47 Å². The van der Waals surface area contributed by atoms with E-state index in [1.165, 1.54) is 11.0 Å². The van der Waals surface area contributed by atoms with Crippen LogP contribution in [0.25, 0.3) is 6.08 Å². The van der Waals surface area contributed by atoms with Crippen LogP contribution in [0.2, 0.25) is 0 Å². The Morgan fingerprint density at radius 1 is 1.16 bits per heavy atom. The minimum atomic E-state index is -0.560. The number of benzene rings is 2. The molecule has 1 heterocycles. The quantitative estimate of drug-likeness (QED) is 0.323. The minimum Gasteiger partial charge on any atom is -0.482 e. The van der Waals surface area contributed by atoms with Gasteiger partial charge in [0.25, 0.3) is 11.8 Å². The fraction of sp³-hybridized carbons (Fsp3) is 0.217. The van der Waals surface area contributed by atoms with Gasteiger partial charge in [0.15, 0.2) is 11.7 Å². The number of ether oxygens (including phenoxy) is 2. The van der Waals surface area contributed by atoms with Gasteiger partial charge in [-0.1, -0.05) is 24.3 Å². The van der Waals surface area contributed by atoms with Gasteiger partial charge in [-0.25, -0.2) is 4.79 Å². The van der Waals surface area contributed by atoms with Crippen molar-refractivity contribution in [2.45, 2.75) is 26.9 Å². The van der Waals surface area contributed by atoms with Crippen molar-refractivity contribution in [3.05, 3.63) is 65.2 Å². The van der Waals surface area contributed by atoms with E-state index >= 15 is 0 Å². The first kappa shape index (κ1) is 22.2. The molecule has 0 atom stereocenters. The lowest BCUT2D eigenvalue weighted by Crippen LogP contribution is -2.54. The summed E-state index contributed by atoms with van der Waals surface area (Å²) in [5.74, 6) is -1.06. The fourth-order valence-electron chi connectivity index (χ4n) is 2.93. The van der Waals surface area contributed by atoms with Gasteiger partial charge in [-0.2, -0.15) is 0 Å². The molecule has 0 radical (unpaired) electrons. The van der Waals surface area contributed by atoms with E-state index in [1.54, 1.807) is 44.2 Å². The normalized spacial score (nSPS) is 15.3. The standard InChI is InChI=1S/C23H22N2O5S/c1-14(2)30-20(26)13-29-18-9-7-16(8-10-18)12-19-21(27)24-23(31)25(22(19)28)17-6-4-5-15(3)11-17/h4-12,14H,13H2,1-3H3,(H,24,27,31)/b19-12+. The number of aryl methyl sites for hydroxylation is 1. The molecule has 1 aliphatic rings. The molecule has 2 aromatic carbocycles. The van der Waals surface area contributed by atoms with E-state index in [1.807, 2.05) is 25.1 Å². The number of thiocarbonyl (C=S) groups is 1. The van der Waals surface area contributed by atoms with Crippen molar-refractivity contribution in [1.29, 1.82) is 0 Å². The molecule has 0 aliphatic carbocycles. The molecule has 2 amide bonds. The Bertz CT molecular complexity index is 1060. The Morgan fingerprint density at radius 3 is 2.52 bits per heavy atom. The van der Waals surface area contributed by atoms with Crippen LogP contribution in [-0.2, 0) is 19.1 Å². The highest BCUT2D eigenvalue weighted by Crippen LogP contribution is 2.23. The van der Waals surface area contributed by atoms with Crippen LogP contribution >= 0.6 is 12.2 Å². The van der Waals surface area contributed by atoms with Gasteiger partial charge in [0, 0.05) is 0 Å². The predicted octanol–water partition coefficient (Wildman–Crippen LogP) is 3.16. The number of anilines is 1. The lowest BCUT2D eigenvalue weighted by atomic mass is 10.1. The van der Waals surface area contributed by atoms with Crippen molar-refractivity contribution < 1.29 is 23.9 Å². The average Bonchev–Trinajstić information content (AvgIpc) is 2.70. The van der Waals surface area contributed by atoms with E-state index in [4.69, 9.17) is 21.7 Å².